The first kappa shape index (κ1) is 13.3. The summed E-state index contributed by atoms with van der Waals surface area (Å²) in [6.45, 7) is 1.85. The van der Waals surface area contributed by atoms with Gasteiger partial charge in [-0.25, -0.2) is 4.39 Å². The minimum Gasteiger partial charge on any atom is -0.207 e. The number of alkyl halides is 1. The van der Waals surface area contributed by atoms with Crippen LogP contribution in [0.25, 0.3) is 0 Å². The molecule has 0 radical (unpaired) electrons. The summed E-state index contributed by atoms with van der Waals surface area (Å²) in [5.74, 6) is -0.250. The zero-order chi connectivity index (χ0) is 12.6. The Hall–Kier alpha value is -0.0900. The molecular weight excluding hydrogens is 346 g/mol. The molecule has 0 nitrogen and oxygen atoms in total. The third-order valence-electron chi connectivity index (χ3n) is 2.42. The Bertz CT molecular complexity index is 534. The number of thiophene rings is 1. The number of hydrogen-bond acceptors (Lipinski definition) is 1. The number of halogens is 4. The van der Waals surface area contributed by atoms with Crippen molar-refractivity contribution < 1.29 is 4.39 Å². The van der Waals surface area contributed by atoms with E-state index in [4.69, 9.17) is 23.2 Å². The number of benzene rings is 1. The van der Waals surface area contributed by atoms with Gasteiger partial charge in [-0.3, -0.25) is 0 Å². The van der Waals surface area contributed by atoms with Crippen LogP contribution in [0.15, 0.2) is 28.1 Å². The van der Waals surface area contributed by atoms with Crippen LogP contribution in [0, 0.1) is 12.7 Å². The maximum absolute atomic E-state index is 13.0. The van der Waals surface area contributed by atoms with Gasteiger partial charge in [-0.1, -0.05) is 17.7 Å². The van der Waals surface area contributed by atoms with Crippen LogP contribution in [0.3, 0.4) is 0 Å². The lowest BCUT2D eigenvalue weighted by Gasteiger charge is -2.10. The van der Waals surface area contributed by atoms with E-state index >= 15 is 0 Å². The maximum Gasteiger partial charge on any atom is 0.123 e. The molecule has 0 fully saturated rings. The Morgan fingerprint density at radius 1 is 1.35 bits per heavy atom. The summed E-state index contributed by atoms with van der Waals surface area (Å²) >= 11 is 17.2. The van der Waals surface area contributed by atoms with Gasteiger partial charge in [0.05, 0.1) is 14.2 Å². The standard InChI is InChI=1S/C12H8BrCl2FS/c1-6-4-7(16)2-3-8(6)11(15)10-5-9(14)12(13)17-10/h2-5,11H,1H3. The smallest absolute Gasteiger partial charge is 0.123 e. The van der Waals surface area contributed by atoms with E-state index in [0.29, 0.717) is 5.02 Å². The molecule has 5 heteroatoms. The molecule has 1 atom stereocenters. The summed E-state index contributed by atoms with van der Waals surface area (Å²) in [5.41, 5.74) is 1.74. The lowest BCUT2D eigenvalue weighted by Crippen LogP contribution is -1.94. The van der Waals surface area contributed by atoms with E-state index < -0.39 is 0 Å². The largest absolute Gasteiger partial charge is 0.207 e. The summed E-state index contributed by atoms with van der Waals surface area (Å²) < 4.78 is 13.9. The normalized spacial score (nSPS) is 12.8. The number of rotatable bonds is 2. The van der Waals surface area contributed by atoms with Gasteiger partial charge in [0, 0.05) is 4.88 Å². The molecule has 0 saturated heterocycles. The first-order chi connectivity index (χ1) is 7.99. The molecule has 0 amide bonds. The molecule has 2 rings (SSSR count). The van der Waals surface area contributed by atoms with Gasteiger partial charge in [0.15, 0.2) is 0 Å². The quantitative estimate of drug-likeness (QED) is 0.586. The van der Waals surface area contributed by atoms with Crippen LogP contribution in [0.4, 0.5) is 4.39 Å². The molecular formula is C12H8BrCl2FS. The molecule has 1 unspecified atom stereocenters. The predicted molar refractivity (Wildman–Crippen MR) is 75.9 cm³/mol. The van der Waals surface area contributed by atoms with Crippen LogP contribution < -0.4 is 0 Å². The van der Waals surface area contributed by atoms with Gasteiger partial charge in [0.1, 0.15) is 5.82 Å². The van der Waals surface area contributed by atoms with Gasteiger partial charge in [-0.15, -0.1) is 22.9 Å². The fourth-order valence-corrected chi connectivity index (χ4v) is 3.75. The second kappa shape index (κ2) is 5.27. The van der Waals surface area contributed by atoms with Crippen molar-refractivity contribution in [3.8, 4) is 0 Å². The van der Waals surface area contributed by atoms with Gasteiger partial charge in [0.2, 0.25) is 0 Å². The molecule has 1 aromatic heterocycles. The fourth-order valence-electron chi connectivity index (χ4n) is 1.56. The molecule has 0 bridgehead atoms. The monoisotopic (exact) mass is 352 g/mol. The Labute approximate surface area is 121 Å². The van der Waals surface area contributed by atoms with E-state index in [1.807, 2.05) is 13.0 Å². The van der Waals surface area contributed by atoms with E-state index in [-0.39, 0.29) is 11.2 Å². The van der Waals surface area contributed by atoms with Crippen molar-refractivity contribution in [1.82, 2.24) is 0 Å². The van der Waals surface area contributed by atoms with Crippen molar-refractivity contribution in [1.29, 1.82) is 0 Å². The third kappa shape index (κ3) is 2.84. The summed E-state index contributed by atoms with van der Waals surface area (Å²) in [6, 6.07) is 6.44. The highest BCUT2D eigenvalue weighted by molar-refractivity contribution is 9.11. The van der Waals surface area contributed by atoms with E-state index in [1.165, 1.54) is 23.5 Å². The van der Waals surface area contributed by atoms with E-state index in [9.17, 15) is 4.39 Å². The average molecular weight is 354 g/mol. The molecule has 0 aliphatic heterocycles. The highest BCUT2D eigenvalue weighted by Crippen LogP contribution is 2.41. The van der Waals surface area contributed by atoms with Crippen molar-refractivity contribution in [2.75, 3.05) is 0 Å². The zero-order valence-electron chi connectivity index (χ0n) is 8.81. The average Bonchev–Trinajstić information content (AvgIpc) is 2.58. The topological polar surface area (TPSA) is 0 Å². The van der Waals surface area contributed by atoms with E-state index in [0.717, 1.165) is 19.8 Å². The van der Waals surface area contributed by atoms with E-state index in [1.54, 1.807) is 6.07 Å². The van der Waals surface area contributed by atoms with Crippen molar-refractivity contribution in [3.63, 3.8) is 0 Å². The second-order valence-corrected chi connectivity index (χ2v) is 6.88. The Kier molecular flexibility index (Phi) is 4.14. The minimum atomic E-state index is -0.301. The molecule has 90 valence electrons. The maximum atomic E-state index is 13.0. The van der Waals surface area contributed by atoms with Crippen molar-refractivity contribution in [2.45, 2.75) is 12.3 Å². The molecule has 17 heavy (non-hydrogen) atoms. The molecule has 1 heterocycles. The van der Waals surface area contributed by atoms with Crippen molar-refractivity contribution in [3.05, 3.63) is 54.9 Å². The van der Waals surface area contributed by atoms with Crippen molar-refractivity contribution in [2.24, 2.45) is 0 Å². The number of aryl methyl sites for hydroxylation is 1. The Balaban J connectivity index is 2.39. The highest BCUT2D eigenvalue weighted by Gasteiger charge is 2.17. The molecule has 1 aromatic carbocycles. The van der Waals surface area contributed by atoms with Gasteiger partial charge in [-0.05, 0) is 52.2 Å². The highest BCUT2D eigenvalue weighted by atomic mass is 79.9. The van der Waals surface area contributed by atoms with Gasteiger partial charge in [-0.2, -0.15) is 0 Å². The number of hydrogen-bond donors (Lipinski definition) is 0. The molecule has 0 spiro atoms. The molecule has 0 saturated carbocycles. The van der Waals surface area contributed by atoms with Crippen LogP contribution >= 0.6 is 50.5 Å². The minimum absolute atomic E-state index is 0.250. The Morgan fingerprint density at radius 2 is 2.06 bits per heavy atom. The molecule has 0 aliphatic carbocycles. The summed E-state index contributed by atoms with van der Waals surface area (Å²) in [5, 5.41) is 0.347. The van der Waals surface area contributed by atoms with Crippen LogP contribution in [-0.2, 0) is 0 Å². The second-order valence-electron chi connectivity index (χ2n) is 3.63. The van der Waals surface area contributed by atoms with E-state index in [2.05, 4.69) is 15.9 Å². The summed E-state index contributed by atoms with van der Waals surface area (Å²) in [6.07, 6.45) is 0. The molecule has 0 N–H and O–H groups in total. The first-order valence-corrected chi connectivity index (χ1v) is 7.26. The third-order valence-corrected chi connectivity index (χ3v) is 5.56. The molecule has 2 aromatic rings. The van der Waals surface area contributed by atoms with Gasteiger partial charge in [0.25, 0.3) is 0 Å². The first-order valence-electron chi connectivity index (χ1n) is 4.84. The van der Waals surface area contributed by atoms with Crippen LogP contribution in [0.1, 0.15) is 21.4 Å². The SMILES string of the molecule is Cc1cc(F)ccc1C(Cl)c1cc(Cl)c(Br)s1. The van der Waals surface area contributed by atoms with Crippen molar-refractivity contribution >= 4 is 50.5 Å². The molecule has 0 aliphatic rings. The fraction of sp³-hybridized carbons (Fsp3) is 0.167. The zero-order valence-corrected chi connectivity index (χ0v) is 12.7. The Morgan fingerprint density at radius 3 is 2.59 bits per heavy atom. The van der Waals surface area contributed by atoms with Crippen LogP contribution in [0.5, 0.6) is 0 Å². The lowest BCUT2D eigenvalue weighted by molar-refractivity contribution is 0.625. The van der Waals surface area contributed by atoms with Crippen LogP contribution in [0.2, 0.25) is 5.02 Å². The summed E-state index contributed by atoms with van der Waals surface area (Å²) in [4.78, 5) is 0.943. The predicted octanol–water partition coefficient (Wildman–Crippen LogP) is 5.94. The van der Waals surface area contributed by atoms with Gasteiger partial charge >= 0.3 is 0 Å². The van der Waals surface area contributed by atoms with Crippen LogP contribution in [-0.4, -0.2) is 0 Å². The lowest BCUT2D eigenvalue weighted by atomic mass is 10.0. The van der Waals surface area contributed by atoms with Gasteiger partial charge < -0.3 is 0 Å². The summed E-state index contributed by atoms with van der Waals surface area (Å²) in [7, 11) is 0.